The van der Waals surface area contributed by atoms with Gasteiger partial charge in [-0.25, -0.2) is 0 Å². The normalized spacial score (nSPS) is 16.6. The number of thiophene rings is 1. The first-order valence-corrected chi connectivity index (χ1v) is 7.10. The van der Waals surface area contributed by atoms with E-state index in [0.29, 0.717) is 5.92 Å². The first-order chi connectivity index (χ1) is 8.69. The molecular formula is C13H18N2O2S. The molecule has 1 aliphatic rings. The summed E-state index contributed by atoms with van der Waals surface area (Å²) in [4.78, 5) is 24.6. The summed E-state index contributed by atoms with van der Waals surface area (Å²) in [5, 5.41) is 4.92. The maximum Gasteiger partial charge on any atom is 0.216 e. The van der Waals surface area contributed by atoms with Gasteiger partial charge in [0.15, 0.2) is 6.29 Å². The topological polar surface area (TPSA) is 49.4 Å². The highest BCUT2D eigenvalue weighted by Crippen LogP contribution is 2.26. The Hall–Kier alpha value is -1.36. The van der Waals surface area contributed by atoms with Crippen molar-refractivity contribution < 1.29 is 9.59 Å². The van der Waals surface area contributed by atoms with Gasteiger partial charge in [-0.15, -0.1) is 11.3 Å². The Morgan fingerprint density at radius 3 is 2.83 bits per heavy atom. The highest BCUT2D eigenvalue weighted by Gasteiger charge is 2.20. The van der Waals surface area contributed by atoms with Gasteiger partial charge in [0.05, 0.1) is 4.88 Å². The first kappa shape index (κ1) is 13.1. The number of hydrogen-bond donors (Lipinski definition) is 1. The minimum Gasteiger partial charge on any atom is -0.371 e. The molecule has 1 aliphatic heterocycles. The largest absolute Gasteiger partial charge is 0.371 e. The average molecular weight is 266 g/mol. The van der Waals surface area contributed by atoms with Crippen molar-refractivity contribution in [3.63, 3.8) is 0 Å². The van der Waals surface area contributed by atoms with Gasteiger partial charge in [-0.3, -0.25) is 9.59 Å². The van der Waals surface area contributed by atoms with Crippen LogP contribution in [-0.2, 0) is 4.79 Å². The molecule has 0 spiro atoms. The summed E-state index contributed by atoms with van der Waals surface area (Å²) >= 11 is 1.49. The van der Waals surface area contributed by atoms with Crippen LogP contribution in [0.15, 0.2) is 11.4 Å². The maximum atomic E-state index is 10.9. The third-order valence-corrected chi connectivity index (χ3v) is 4.19. The van der Waals surface area contributed by atoms with Crippen molar-refractivity contribution in [3.05, 3.63) is 16.3 Å². The van der Waals surface area contributed by atoms with Gasteiger partial charge in [0, 0.05) is 37.6 Å². The molecule has 1 N–H and O–H groups in total. The summed E-state index contributed by atoms with van der Waals surface area (Å²) in [5.74, 6) is 0.625. The number of carbonyl (C=O) groups is 2. The summed E-state index contributed by atoms with van der Waals surface area (Å²) in [7, 11) is 0. The fourth-order valence-corrected chi connectivity index (χ4v) is 2.97. The lowest BCUT2D eigenvalue weighted by Gasteiger charge is -2.32. The molecule has 4 nitrogen and oxygen atoms in total. The number of rotatable bonds is 4. The molecule has 0 bridgehead atoms. The van der Waals surface area contributed by atoms with Crippen molar-refractivity contribution in [2.75, 3.05) is 24.5 Å². The van der Waals surface area contributed by atoms with E-state index in [9.17, 15) is 9.59 Å². The van der Waals surface area contributed by atoms with Crippen LogP contribution < -0.4 is 10.2 Å². The Labute approximate surface area is 111 Å². The number of hydrogen-bond acceptors (Lipinski definition) is 4. The highest BCUT2D eigenvalue weighted by molar-refractivity contribution is 7.12. The Kier molecular flexibility index (Phi) is 4.36. The minimum atomic E-state index is 0.0471. The second-order valence-corrected chi connectivity index (χ2v) is 5.64. The zero-order chi connectivity index (χ0) is 13.0. The summed E-state index contributed by atoms with van der Waals surface area (Å²) in [5.41, 5.74) is 1.15. The molecule has 2 rings (SSSR count). The van der Waals surface area contributed by atoms with E-state index < -0.39 is 0 Å². The second kappa shape index (κ2) is 6.00. The van der Waals surface area contributed by atoms with Crippen molar-refractivity contribution in [1.82, 2.24) is 5.32 Å². The van der Waals surface area contributed by atoms with Crippen LogP contribution in [0.4, 0.5) is 5.69 Å². The van der Waals surface area contributed by atoms with Gasteiger partial charge in [0.25, 0.3) is 0 Å². The van der Waals surface area contributed by atoms with E-state index in [1.54, 1.807) is 6.92 Å². The van der Waals surface area contributed by atoms with Crippen molar-refractivity contribution in [3.8, 4) is 0 Å². The van der Waals surface area contributed by atoms with Gasteiger partial charge in [-0.05, 0) is 24.8 Å². The molecule has 0 saturated carbocycles. The molecule has 0 atom stereocenters. The van der Waals surface area contributed by atoms with Crippen molar-refractivity contribution >= 4 is 29.2 Å². The van der Waals surface area contributed by atoms with Crippen LogP contribution in [0.5, 0.6) is 0 Å². The van der Waals surface area contributed by atoms with E-state index in [4.69, 9.17) is 0 Å². The van der Waals surface area contributed by atoms with E-state index in [0.717, 1.165) is 49.3 Å². The van der Waals surface area contributed by atoms with Gasteiger partial charge in [-0.1, -0.05) is 0 Å². The zero-order valence-corrected chi connectivity index (χ0v) is 11.3. The van der Waals surface area contributed by atoms with Gasteiger partial charge in [-0.2, -0.15) is 0 Å². The van der Waals surface area contributed by atoms with Crippen LogP contribution in [-0.4, -0.2) is 31.8 Å². The van der Waals surface area contributed by atoms with E-state index in [1.165, 1.54) is 11.3 Å². The number of aldehydes is 1. The van der Waals surface area contributed by atoms with Gasteiger partial charge >= 0.3 is 0 Å². The fourth-order valence-electron chi connectivity index (χ4n) is 2.25. The zero-order valence-electron chi connectivity index (χ0n) is 10.5. The Balaban J connectivity index is 1.82. The van der Waals surface area contributed by atoms with Gasteiger partial charge in [0.2, 0.25) is 5.91 Å². The Morgan fingerprint density at radius 1 is 1.56 bits per heavy atom. The highest BCUT2D eigenvalue weighted by atomic mass is 32.1. The molecule has 0 aliphatic carbocycles. The van der Waals surface area contributed by atoms with E-state index in [1.807, 2.05) is 11.4 Å². The molecule has 98 valence electrons. The van der Waals surface area contributed by atoms with Gasteiger partial charge in [0.1, 0.15) is 0 Å². The number of amides is 1. The fraction of sp³-hybridized carbons (Fsp3) is 0.538. The third kappa shape index (κ3) is 3.32. The van der Waals surface area contributed by atoms with Crippen LogP contribution in [0.25, 0.3) is 0 Å². The Morgan fingerprint density at radius 2 is 2.28 bits per heavy atom. The van der Waals surface area contributed by atoms with E-state index >= 15 is 0 Å². The minimum absolute atomic E-state index is 0.0471. The lowest BCUT2D eigenvalue weighted by Crippen LogP contribution is -2.38. The average Bonchev–Trinajstić information content (AvgIpc) is 2.85. The van der Waals surface area contributed by atoms with Crippen LogP contribution in [0.3, 0.4) is 0 Å². The molecule has 1 aromatic heterocycles. The first-order valence-electron chi connectivity index (χ1n) is 6.22. The summed E-state index contributed by atoms with van der Waals surface area (Å²) in [6.45, 7) is 4.34. The predicted molar refractivity (Wildman–Crippen MR) is 73.3 cm³/mol. The third-order valence-electron chi connectivity index (χ3n) is 3.34. The number of nitrogens with zero attached hydrogens (tertiary/aromatic N) is 1. The summed E-state index contributed by atoms with van der Waals surface area (Å²) in [6, 6.07) is 1.95. The molecule has 0 unspecified atom stereocenters. The molecule has 1 aromatic rings. The lowest BCUT2D eigenvalue weighted by molar-refractivity contribution is -0.119. The molecular weight excluding hydrogens is 248 g/mol. The number of carbonyl (C=O) groups excluding carboxylic acids is 2. The van der Waals surface area contributed by atoms with Crippen molar-refractivity contribution in [2.45, 2.75) is 19.8 Å². The molecule has 2 heterocycles. The number of piperidine rings is 1. The number of anilines is 1. The quantitative estimate of drug-likeness (QED) is 0.847. The number of nitrogens with one attached hydrogen (secondary N) is 1. The maximum absolute atomic E-state index is 10.9. The molecule has 1 saturated heterocycles. The second-order valence-electron chi connectivity index (χ2n) is 4.69. The molecule has 1 fully saturated rings. The van der Waals surface area contributed by atoms with Crippen LogP contribution in [0.1, 0.15) is 29.4 Å². The monoisotopic (exact) mass is 266 g/mol. The predicted octanol–water partition coefficient (Wildman–Crippen LogP) is 1.91. The summed E-state index contributed by atoms with van der Waals surface area (Å²) in [6.07, 6.45) is 3.08. The standard InChI is InChI=1S/C13H18N2O2S/c1-10(17)14-7-11-2-4-15(5-3-11)12-6-13(8-16)18-9-12/h6,8-9,11H,2-5,7H2,1H3,(H,14,17). The summed E-state index contributed by atoms with van der Waals surface area (Å²) < 4.78 is 0. The smallest absolute Gasteiger partial charge is 0.216 e. The van der Waals surface area contributed by atoms with E-state index in [-0.39, 0.29) is 5.91 Å². The van der Waals surface area contributed by atoms with Crippen LogP contribution in [0, 0.1) is 5.92 Å². The molecule has 1 amide bonds. The molecule has 18 heavy (non-hydrogen) atoms. The van der Waals surface area contributed by atoms with Crippen molar-refractivity contribution in [2.24, 2.45) is 5.92 Å². The van der Waals surface area contributed by atoms with Gasteiger partial charge < -0.3 is 10.2 Å². The van der Waals surface area contributed by atoms with Crippen LogP contribution in [0.2, 0.25) is 0 Å². The lowest BCUT2D eigenvalue weighted by atomic mass is 9.96. The SMILES string of the molecule is CC(=O)NCC1CCN(c2csc(C=O)c2)CC1. The molecule has 5 heteroatoms. The van der Waals surface area contributed by atoms with Crippen LogP contribution >= 0.6 is 11.3 Å². The van der Waals surface area contributed by atoms with Crippen molar-refractivity contribution in [1.29, 1.82) is 0 Å². The van der Waals surface area contributed by atoms with E-state index in [2.05, 4.69) is 10.2 Å². The Bertz CT molecular complexity index is 422. The molecule has 0 aromatic carbocycles. The molecule has 0 radical (unpaired) electrons.